The van der Waals surface area contributed by atoms with Crippen molar-refractivity contribution < 1.29 is 14.3 Å². The molecular formula is C15H18BrNO3. The summed E-state index contributed by atoms with van der Waals surface area (Å²) in [5.41, 5.74) is 7.71. The normalized spacial score (nSPS) is 20.5. The van der Waals surface area contributed by atoms with Crippen molar-refractivity contribution in [1.82, 2.24) is 0 Å². The van der Waals surface area contributed by atoms with Crippen molar-refractivity contribution in [2.24, 2.45) is 5.73 Å². The number of halogens is 1. The lowest BCUT2D eigenvalue weighted by Crippen LogP contribution is -2.40. The maximum Gasteiger partial charge on any atom is 0.172 e. The number of carbonyl (C=O) groups is 1. The summed E-state index contributed by atoms with van der Waals surface area (Å²) < 4.78 is 12.3. The van der Waals surface area contributed by atoms with Gasteiger partial charge in [-0.15, -0.1) is 0 Å². The molecule has 108 valence electrons. The number of carbonyl (C=O) groups excluding carboxylic acids is 1. The highest BCUT2D eigenvalue weighted by Gasteiger charge is 2.37. The lowest BCUT2D eigenvalue weighted by molar-refractivity contribution is 0.111. The van der Waals surface area contributed by atoms with E-state index in [0.29, 0.717) is 30.3 Å². The van der Waals surface area contributed by atoms with Crippen LogP contribution in [-0.2, 0) is 5.54 Å². The van der Waals surface area contributed by atoms with Gasteiger partial charge in [0.15, 0.2) is 17.8 Å². The minimum atomic E-state index is -0.400. The molecule has 1 heterocycles. The molecule has 0 unspecified atom stereocenters. The van der Waals surface area contributed by atoms with Crippen molar-refractivity contribution >= 4 is 22.2 Å². The number of ether oxygens (including phenoxy) is 2. The number of rotatable bonds is 2. The highest BCUT2D eigenvalue weighted by Crippen LogP contribution is 2.49. The molecule has 2 aliphatic rings. The maximum atomic E-state index is 11.2. The van der Waals surface area contributed by atoms with Gasteiger partial charge in [-0.3, -0.25) is 4.79 Å². The number of fused-ring (bicyclic) bond motifs is 1. The van der Waals surface area contributed by atoms with Gasteiger partial charge in [0, 0.05) is 15.6 Å². The fraction of sp³-hybridized carbons (Fsp3) is 0.533. The van der Waals surface area contributed by atoms with Gasteiger partial charge in [-0.05, 0) is 18.9 Å². The predicted molar refractivity (Wildman–Crippen MR) is 79.5 cm³/mol. The molecule has 0 radical (unpaired) electrons. The molecule has 5 heteroatoms. The molecule has 1 fully saturated rings. The highest BCUT2D eigenvalue weighted by molar-refractivity contribution is 9.10. The lowest BCUT2D eigenvalue weighted by atomic mass is 9.76. The number of benzene rings is 1. The van der Waals surface area contributed by atoms with Crippen LogP contribution in [0.25, 0.3) is 0 Å². The van der Waals surface area contributed by atoms with E-state index in [1.54, 1.807) is 6.07 Å². The summed E-state index contributed by atoms with van der Waals surface area (Å²) in [5, 5.41) is 0. The van der Waals surface area contributed by atoms with E-state index in [1.165, 1.54) is 6.42 Å². The van der Waals surface area contributed by atoms with Crippen molar-refractivity contribution in [2.45, 2.75) is 37.6 Å². The minimum absolute atomic E-state index is 0.400. The number of hydrogen-bond acceptors (Lipinski definition) is 4. The summed E-state index contributed by atoms with van der Waals surface area (Å²) in [6, 6.07) is 1.79. The summed E-state index contributed by atoms with van der Waals surface area (Å²) in [5.74, 6) is 1.19. The number of aldehydes is 1. The Labute approximate surface area is 126 Å². The number of hydrogen-bond donors (Lipinski definition) is 1. The van der Waals surface area contributed by atoms with Gasteiger partial charge in [-0.25, -0.2) is 0 Å². The molecule has 2 N–H and O–H groups in total. The van der Waals surface area contributed by atoms with E-state index in [2.05, 4.69) is 15.9 Å². The third kappa shape index (κ3) is 2.23. The summed E-state index contributed by atoms with van der Waals surface area (Å²) >= 11 is 3.56. The molecular weight excluding hydrogens is 322 g/mol. The zero-order chi connectivity index (χ0) is 14.2. The summed E-state index contributed by atoms with van der Waals surface area (Å²) in [4.78, 5) is 11.2. The third-order valence-electron chi connectivity index (χ3n) is 4.16. The lowest BCUT2D eigenvalue weighted by Gasteiger charge is -2.37. The van der Waals surface area contributed by atoms with Crippen LogP contribution in [0.3, 0.4) is 0 Å². The van der Waals surface area contributed by atoms with Gasteiger partial charge in [0.25, 0.3) is 0 Å². The van der Waals surface area contributed by atoms with E-state index in [4.69, 9.17) is 15.2 Å². The van der Waals surface area contributed by atoms with Gasteiger partial charge in [0.05, 0.1) is 5.56 Å². The van der Waals surface area contributed by atoms with Crippen molar-refractivity contribution in [2.75, 3.05) is 13.2 Å². The molecule has 1 aliphatic heterocycles. The van der Waals surface area contributed by atoms with Crippen molar-refractivity contribution in [3.63, 3.8) is 0 Å². The van der Waals surface area contributed by atoms with E-state index in [-0.39, 0.29) is 0 Å². The fourth-order valence-electron chi connectivity index (χ4n) is 3.19. The zero-order valence-electron chi connectivity index (χ0n) is 11.3. The van der Waals surface area contributed by atoms with Gasteiger partial charge in [0.2, 0.25) is 0 Å². The SMILES string of the molecule is NC1(c2c(Br)cc(C=O)c3c2OCCO3)CCCCC1. The minimum Gasteiger partial charge on any atom is -0.486 e. The Balaban J connectivity index is 2.17. The Bertz CT molecular complexity index is 538. The molecule has 0 spiro atoms. The van der Waals surface area contributed by atoms with E-state index >= 15 is 0 Å². The van der Waals surface area contributed by atoms with Gasteiger partial charge >= 0.3 is 0 Å². The van der Waals surface area contributed by atoms with Crippen LogP contribution in [0.2, 0.25) is 0 Å². The quantitative estimate of drug-likeness (QED) is 0.840. The van der Waals surface area contributed by atoms with Crippen molar-refractivity contribution in [1.29, 1.82) is 0 Å². The Hall–Kier alpha value is -1.07. The third-order valence-corrected chi connectivity index (χ3v) is 4.79. The van der Waals surface area contributed by atoms with E-state index in [0.717, 1.165) is 42.0 Å². The molecule has 0 bridgehead atoms. The largest absolute Gasteiger partial charge is 0.486 e. The standard InChI is InChI=1S/C15H18BrNO3/c16-11-8-10(9-18)13-14(20-7-6-19-13)12(11)15(17)4-2-1-3-5-15/h8-9H,1-7,17H2. The first-order valence-corrected chi connectivity index (χ1v) is 7.82. The van der Waals surface area contributed by atoms with Gasteiger partial charge in [-0.1, -0.05) is 35.2 Å². The first-order chi connectivity index (χ1) is 9.65. The van der Waals surface area contributed by atoms with Crippen molar-refractivity contribution in [3.05, 3.63) is 21.7 Å². The van der Waals surface area contributed by atoms with Gasteiger partial charge in [-0.2, -0.15) is 0 Å². The molecule has 1 saturated carbocycles. The Morgan fingerprint density at radius 1 is 1.15 bits per heavy atom. The average Bonchev–Trinajstić information content (AvgIpc) is 2.46. The Kier molecular flexibility index (Phi) is 3.73. The molecule has 1 aromatic rings. The molecule has 3 rings (SSSR count). The van der Waals surface area contributed by atoms with Crippen LogP contribution in [-0.4, -0.2) is 19.5 Å². The molecule has 0 amide bonds. The molecule has 1 aliphatic carbocycles. The fourth-order valence-corrected chi connectivity index (χ4v) is 4.01. The first kappa shape index (κ1) is 13.9. The van der Waals surface area contributed by atoms with Gasteiger partial charge < -0.3 is 15.2 Å². The topological polar surface area (TPSA) is 61.6 Å². The van der Waals surface area contributed by atoms with Crippen LogP contribution in [0.4, 0.5) is 0 Å². The molecule has 0 saturated heterocycles. The van der Waals surface area contributed by atoms with Crippen LogP contribution in [0.15, 0.2) is 10.5 Å². The second kappa shape index (κ2) is 5.37. The van der Waals surface area contributed by atoms with Crippen LogP contribution in [0.1, 0.15) is 48.0 Å². The second-order valence-corrected chi connectivity index (χ2v) is 6.37. The first-order valence-electron chi connectivity index (χ1n) is 7.02. The zero-order valence-corrected chi connectivity index (χ0v) is 12.9. The van der Waals surface area contributed by atoms with E-state index in [1.807, 2.05) is 0 Å². The molecule has 1 aromatic carbocycles. The number of nitrogens with two attached hydrogens (primary N) is 1. The monoisotopic (exact) mass is 339 g/mol. The van der Waals surface area contributed by atoms with Crippen molar-refractivity contribution in [3.8, 4) is 11.5 Å². The van der Waals surface area contributed by atoms with Crippen LogP contribution >= 0.6 is 15.9 Å². The molecule has 20 heavy (non-hydrogen) atoms. The highest BCUT2D eigenvalue weighted by atomic mass is 79.9. The second-order valence-electron chi connectivity index (χ2n) is 5.51. The summed E-state index contributed by atoms with van der Waals surface area (Å²) in [7, 11) is 0. The summed E-state index contributed by atoms with van der Waals surface area (Å²) in [6.07, 6.45) is 6.13. The average molecular weight is 340 g/mol. The van der Waals surface area contributed by atoms with Crippen LogP contribution < -0.4 is 15.2 Å². The predicted octanol–water partition coefficient (Wildman–Crippen LogP) is 3.15. The molecule has 4 nitrogen and oxygen atoms in total. The Morgan fingerprint density at radius 2 is 1.80 bits per heavy atom. The Morgan fingerprint density at radius 3 is 2.45 bits per heavy atom. The van der Waals surface area contributed by atoms with Crippen LogP contribution in [0.5, 0.6) is 11.5 Å². The molecule has 0 aromatic heterocycles. The van der Waals surface area contributed by atoms with Crippen LogP contribution in [0, 0.1) is 0 Å². The summed E-state index contributed by atoms with van der Waals surface area (Å²) in [6.45, 7) is 0.956. The van der Waals surface area contributed by atoms with Gasteiger partial charge in [0.1, 0.15) is 13.2 Å². The maximum absolute atomic E-state index is 11.2. The molecule has 0 atom stereocenters. The van der Waals surface area contributed by atoms with E-state index in [9.17, 15) is 4.79 Å². The van der Waals surface area contributed by atoms with E-state index < -0.39 is 5.54 Å². The smallest absolute Gasteiger partial charge is 0.172 e.